The number of hydrogen-bond donors (Lipinski definition) is 1. The standard InChI is InChI=1S/C21H22N2O4/c1-4-16-9-8-10-17(13-16)22-20(24)14-23(3)21(25)15-27-19-12-7-6-11-18(19)26-5-2/h1,6-13H,5,14-15H2,2-3H3,(H,22,24). The molecule has 2 aromatic carbocycles. The Morgan fingerprint density at radius 3 is 2.48 bits per heavy atom. The Bertz CT molecular complexity index is 842. The first-order chi connectivity index (χ1) is 13.0. The second kappa shape index (κ2) is 9.88. The lowest BCUT2D eigenvalue weighted by Crippen LogP contribution is -2.37. The number of nitrogens with zero attached hydrogens (tertiary/aromatic N) is 1. The molecule has 2 rings (SSSR count). The maximum Gasteiger partial charge on any atom is 0.260 e. The van der Waals surface area contributed by atoms with Crippen LogP contribution in [0, 0.1) is 12.3 Å². The van der Waals surface area contributed by atoms with Crippen LogP contribution >= 0.6 is 0 Å². The summed E-state index contributed by atoms with van der Waals surface area (Å²) in [7, 11) is 1.54. The van der Waals surface area contributed by atoms with Crippen LogP contribution in [0.4, 0.5) is 5.69 Å². The Morgan fingerprint density at radius 1 is 1.11 bits per heavy atom. The summed E-state index contributed by atoms with van der Waals surface area (Å²) in [4.78, 5) is 25.6. The third kappa shape index (κ3) is 6.08. The highest BCUT2D eigenvalue weighted by atomic mass is 16.5. The van der Waals surface area contributed by atoms with Gasteiger partial charge in [0.05, 0.1) is 13.2 Å². The molecule has 0 atom stereocenters. The molecule has 0 aromatic heterocycles. The van der Waals surface area contributed by atoms with Gasteiger partial charge < -0.3 is 19.7 Å². The van der Waals surface area contributed by atoms with Crippen molar-refractivity contribution in [1.29, 1.82) is 0 Å². The van der Waals surface area contributed by atoms with E-state index in [2.05, 4.69) is 11.2 Å². The first-order valence-corrected chi connectivity index (χ1v) is 8.48. The predicted octanol–water partition coefficient (Wildman–Crippen LogP) is 2.54. The largest absolute Gasteiger partial charge is 0.490 e. The quantitative estimate of drug-likeness (QED) is 0.729. The number of ether oxygens (including phenoxy) is 2. The van der Waals surface area contributed by atoms with Gasteiger partial charge in [0.25, 0.3) is 5.91 Å². The van der Waals surface area contributed by atoms with E-state index in [-0.39, 0.29) is 25.0 Å². The highest BCUT2D eigenvalue weighted by molar-refractivity contribution is 5.94. The van der Waals surface area contributed by atoms with E-state index in [1.54, 1.807) is 42.5 Å². The second-order valence-electron chi connectivity index (χ2n) is 5.69. The normalized spacial score (nSPS) is 9.81. The maximum absolute atomic E-state index is 12.2. The minimum Gasteiger partial charge on any atom is -0.490 e. The zero-order valence-electron chi connectivity index (χ0n) is 15.4. The first kappa shape index (κ1) is 19.9. The first-order valence-electron chi connectivity index (χ1n) is 8.48. The van der Waals surface area contributed by atoms with Gasteiger partial charge >= 0.3 is 0 Å². The number of amides is 2. The summed E-state index contributed by atoms with van der Waals surface area (Å²) < 4.78 is 11.0. The number of carbonyl (C=O) groups excluding carboxylic acids is 2. The average Bonchev–Trinajstić information content (AvgIpc) is 2.67. The van der Waals surface area contributed by atoms with Gasteiger partial charge in [0, 0.05) is 18.3 Å². The van der Waals surface area contributed by atoms with Gasteiger partial charge in [0.1, 0.15) is 0 Å². The van der Waals surface area contributed by atoms with Crippen molar-refractivity contribution in [3.05, 3.63) is 54.1 Å². The molecule has 27 heavy (non-hydrogen) atoms. The van der Waals surface area contributed by atoms with Crippen molar-refractivity contribution < 1.29 is 19.1 Å². The van der Waals surface area contributed by atoms with E-state index >= 15 is 0 Å². The van der Waals surface area contributed by atoms with E-state index in [1.165, 1.54) is 11.9 Å². The van der Waals surface area contributed by atoms with Crippen LogP contribution in [0.1, 0.15) is 12.5 Å². The maximum atomic E-state index is 12.2. The van der Waals surface area contributed by atoms with Gasteiger partial charge in [-0.25, -0.2) is 0 Å². The van der Waals surface area contributed by atoms with Crippen LogP contribution in [0.25, 0.3) is 0 Å². The summed E-state index contributed by atoms with van der Waals surface area (Å²) in [5.41, 5.74) is 1.25. The highest BCUT2D eigenvalue weighted by Gasteiger charge is 2.15. The third-order valence-electron chi connectivity index (χ3n) is 3.62. The van der Waals surface area contributed by atoms with Gasteiger partial charge in [-0.2, -0.15) is 0 Å². The predicted molar refractivity (Wildman–Crippen MR) is 104 cm³/mol. The summed E-state index contributed by atoms with van der Waals surface area (Å²) in [6.07, 6.45) is 5.34. The molecule has 0 bridgehead atoms. The van der Waals surface area contributed by atoms with Crippen LogP contribution in [-0.4, -0.2) is 43.5 Å². The molecule has 0 unspecified atom stereocenters. The number of terminal acetylenes is 1. The van der Waals surface area contributed by atoms with Crippen LogP contribution in [0.5, 0.6) is 11.5 Å². The monoisotopic (exact) mass is 366 g/mol. The molecule has 0 radical (unpaired) electrons. The molecule has 1 N–H and O–H groups in total. The fourth-order valence-electron chi connectivity index (χ4n) is 2.28. The lowest BCUT2D eigenvalue weighted by Gasteiger charge is -2.18. The Hall–Kier alpha value is -3.46. The molecule has 0 fully saturated rings. The van der Waals surface area contributed by atoms with Crippen molar-refractivity contribution in [1.82, 2.24) is 4.90 Å². The molecule has 0 aliphatic rings. The second-order valence-corrected chi connectivity index (χ2v) is 5.69. The van der Waals surface area contributed by atoms with Crippen molar-refractivity contribution in [3.63, 3.8) is 0 Å². The number of para-hydroxylation sites is 2. The summed E-state index contributed by atoms with van der Waals surface area (Å²) in [5.74, 6) is 2.91. The average molecular weight is 366 g/mol. The Balaban J connectivity index is 1.86. The summed E-state index contributed by atoms with van der Waals surface area (Å²) >= 11 is 0. The molecule has 0 spiro atoms. The van der Waals surface area contributed by atoms with Gasteiger partial charge in [0.2, 0.25) is 5.91 Å². The summed E-state index contributed by atoms with van der Waals surface area (Å²) in [6.45, 7) is 2.07. The molecule has 0 aliphatic carbocycles. The molecule has 6 nitrogen and oxygen atoms in total. The van der Waals surface area contributed by atoms with Crippen molar-refractivity contribution in [2.75, 3.05) is 32.1 Å². The number of likely N-dealkylation sites (N-methyl/N-ethyl adjacent to an activating group) is 1. The van der Waals surface area contributed by atoms with Crippen LogP contribution in [0.15, 0.2) is 48.5 Å². The smallest absolute Gasteiger partial charge is 0.260 e. The number of benzene rings is 2. The number of rotatable bonds is 8. The number of hydrogen-bond acceptors (Lipinski definition) is 4. The van der Waals surface area contributed by atoms with Crippen LogP contribution in [0.3, 0.4) is 0 Å². The zero-order valence-corrected chi connectivity index (χ0v) is 15.4. The minimum atomic E-state index is -0.325. The van der Waals surface area contributed by atoms with E-state index in [0.717, 1.165) is 0 Å². The van der Waals surface area contributed by atoms with E-state index in [4.69, 9.17) is 15.9 Å². The molecule has 0 saturated carbocycles. The number of carbonyl (C=O) groups is 2. The van der Waals surface area contributed by atoms with Crippen molar-refractivity contribution in [3.8, 4) is 23.8 Å². The fourth-order valence-corrected chi connectivity index (χ4v) is 2.28. The van der Waals surface area contributed by atoms with E-state index in [0.29, 0.717) is 29.4 Å². The molecule has 6 heteroatoms. The molecule has 0 saturated heterocycles. The van der Waals surface area contributed by atoms with E-state index in [1.807, 2.05) is 13.0 Å². The molecular weight excluding hydrogens is 344 g/mol. The van der Waals surface area contributed by atoms with Gasteiger partial charge in [-0.3, -0.25) is 9.59 Å². The lowest BCUT2D eigenvalue weighted by molar-refractivity contribution is -0.135. The zero-order chi connectivity index (χ0) is 19.6. The van der Waals surface area contributed by atoms with Crippen molar-refractivity contribution in [2.24, 2.45) is 0 Å². The lowest BCUT2D eigenvalue weighted by atomic mass is 10.2. The molecule has 2 aromatic rings. The molecule has 0 aliphatic heterocycles. The van der Waals surface area contributed by atoms with Crippen LogP contribution in [-0.2, 0) is 9.59 Å². The third-order valence-corrected chi connectivity index (χ3v) is 3.62. The van der Waals surface area contributed by atoms with Gasteiger partial charge in [-0.05, 0) is 37.3 Å². The van der Waals surface area contributed by atoms with E-state index in [9.17, 15) is 9.59 Å². The van der Waals surface area contributed by atoms with Crippen LogP contribution in [0.2, 0.25) is 0 Å². The molecular formula is C21H22N2O4. The Labute approximate surface area is 159 Å². The van der Waals surface area contributed by atoms with Crippen molar-refractivity contribution in [2.45, 2.75) is 6.92 Å². The van der Waals surface area contributed by atoms with Crippen molar-refractivity contribution >= 4 is 17.5 Å². The van der Waals surface area contributed by atoms with E-state index < -0.39 is 0 Å². The highest BCUT2D eigenvalue weighted by Crippen LogP contribution is 2.26. The topological polar surface area (TPSA) is 67.9 Å². The summed E-state index contributed by atoms with van der Waals surface area (Å²) in [5, 5.41) is 2.71. The fraction of sp³-hybridized carbons (Fsp3) is 0.238. The Morgan fingerprint density at radius 2 is 1.81 bits per heavy atom. The minimum absolute atomic E-state index is 0.102. The van der Waals surface area contributed by atoms with Gasteiger partial charge in [-0.1, -0.05) is 24.1 Å². The SMILES string of the molecule is C#Cc1cccc(NC(=O)CN(C)C(=O)COc2ccccc2OCC)c1. The molecule has 2 amide bonds. The van der Waals surface area contributed by atoms with Gasteiger partial charge in [0.15, 0.2) is 18.1 Å². The van der Waals surface area contributed by atoms with Crippen LogP contribution < -0.4 is 14.8 Å². The van der Waals surface area contributed by atoms with Gasteiger partial charge in [-0.15, -0.1) is 6.42 Å². The Kier molecular flexibility index (Phi) is 7.26. The molecule has 140 valence electrons. The number of anilines is 1. The molecule has 0 heterocycles. The summed E-state index contributed by atoms with van der Waals surface area (Å²) in [6, 6.07) is 14.1. The number of nitrogens with one attached hydrogen (secondary N) is 1.